The van der Waals surface area contributed by atoms with E-state index >= 15 is 0 Å². The second-order valence-corrected chi connectivity index (χ2v) is 9.68. The fourth-order valence-corrected chi connectivity index (χ4v) is 5.82. The maximum absolute atomic E-state index is 12.9. The quantitative estimate of drug-likeness (QED) is 0.578. The molecule has 0 bridgehead atoms. The Morgan fingerprint density at radius 3 is 1.24 bits per heavy atom. The standard InChI is InChI=1S/C28H30N2O4/c1-15-7-17(3)25(18(4)8-15)29-13-33-27(31)21-12-24-22(11-23(21)29)28(32)34-14-30(24)26-19(5)9-16(2)10-20(26)6/h7-10H,11-14H2,1-6H3. The number of allylic oxidation sites excluding steroid dienone is 2. The number of benzene rings is 2. The number of hydrogen-bond acceptors (Lipinski definition) is 6. The molecule has 6 heteroatoms. The van der Waals surface area contributed by atoms with E-state index in [9.17, 15) is 9.59 Å². The molecule has 5 rings (SSSR count). The summed E-state index contributed by atoms with van der Waals surface area (Å²) < 4.78 is 11.3. The van der Waals surface area contributed by atoms with E-state index in [0.717, 1.165) is 45.0 Å². The van der Waals surface area contributed by atoms with E-state index in [1.54, 1.807) is 0 Å². The van der Waals surface area contributed by atoms with Gasteiger partial charge in [0.05, 0.1) is 11.1 Å². The van der Waals surface area contributed by atoms with Crippen LogP contribution >= 0.6 is 0 Å². The molecule has 2 aromatic carbocycles. The Morgan fingerprint density at radius 2 is 0.912 bits per heavy atom. The first-order chi connectivity index (χ1) is 16.2. The maximum atomic E-state index is 12.9. The molecule has 176 valence electrons. The highest BCUT2D eigenvalue weighted by molar-refractivity contribution is 5.98. The van der Waals surface area contributed by atoms with Crippen molar-refractivity contribution in [3.05, 3.63) is 80.2 Å². The molecular formula is C28H30N2O4. The van der Waals surface area contributed by atoms with Crippen molar-refractivity contribution in [2.45, 2.75) is 54.4 Å². The van der Waals surface area contributed by atoms with Gasteiger partial charge in [-0.15, -0.1) is 0 Å². The van der Waals surface area contributed by atoms with Gasteiger partial charge in [0.1, 0.15) is 0 Å². The zero-order valence-corrected chi connectivity index (χ0v) is 20.7. The van der Waals surface area contributed by atoms with Gasteiger partial charge in [0.15, 0.2) is 13.5 Å². The Bertz CT molecular complexity index is 1170. The maximum Gasteiger partial charge on any atom is 0.337 e. The second-order valence-electron chi connectivity index (χ2n) is 9.68. The minimum absolute atomic E-state index is 0.139. The first-order valence-electron chi connectivity index (χ1n) is 11.6. The normalized spacial score (nSPS) is 18.1. The molecule has 0 unspecified atom stereocenters. The second kappa shape index (κ2) is 8.05. The number of aryl methyl sites for hydroxylation is 6. The molecule has 0 N–H and O–H groups in total. The zero-order chi connectivity index (χ0) is 24.3. The van der Waals surface area contributed by atoms with E-state index in [1.807, 2.05) is 0 Å². The first-order valence-corrected chi connectivity index (χ1v) is 11.6. The summed E-state index contributed by atoms with van der Waals surface area (Å²) in [6.07, 6.45) is 0.678. The van der Waals surface area contributed by atoms with Crippen molar-refractivity contribution in [2.75, 3.05) is 23.3 Å². The zero-order valence-electron chi connectivity index (χ0n) is 20.7. The van der Waals surface area contributed by atoms with E-state index in [-0.39, 0.29) is 25.4 Å². The van der Waals surface area contributed by atoms with Crippen molar-refractivity contribution >= 4 is 23.3 Å². The van der Waals surface area contributed by atoms with Crippen LogP contribution in [0.15, 0.2) is 46.8 Å². The molecule has 2 aromatic rings. The van der Waals surface area contributed by atoms with Crippen molar-refractivity contribution in [1.29, 1.82) is 0 Å². The lowest BCUT2D eigenvalue weighted by molar-refractivity contribution is -0.142. The summed E-state index contributed by atoms with van der Waals surface area (Å²) in [5.41, 5.74) is 11.8. The highest BCUT2D eigenvalue weighted by Gasteiger charge is 2.40. The Balaban J connectivity index is 1.61. The van der Waals surface area contributed by atoms with Crippen molar-refractivity contribution < 1.29 is 19.1 Å². The molecule has 0 fully saturated rings. The monoisotopic (exact) mass is 458 g/mol. The van der Waals surface area contributed by atoms with Gasteiger partial charge in [-0.2, -0.15) is 0 Å². The van der Waals surface area contributed by atoms with Gasteiger partial charge in [-0.05, 0) is 63.8 Å². The van der Waals surface area contributed by atoms with Crippen molar-refractivity contribution in [2.24, 2.45) is 0 Å². The van der Waals surface area contributed by atoms with Gasteiger partial charge in [-0.25, -0.2) is 9.59 Å². The summed E-state index contributed by atoms with van der Waals surface area (Å²) in [5.74, 6) is -0.618. The van der Waals surface area contributed by atoms with Crippen LogP contribution in [0.5, 0.6) is 0 Å². The number of ether oxygens (including phenoxy) is 2. The third-order valence-corrected chi connectivity index (χ3v) is 6.99. The van der Waals surface area contributed by atoms with Gasteiger partial charge in [0.2, 0.25) is 0 Å². The Morgan fingerprint density at radius 1 is 0.588 bits per heavy atom. The molecule has 1 aliphatic carbocycles. The lowest BCUT2D eigenvalue weighted by atomic mass is 9.88. The van der Waals surface area contributed by atoms with E-state index in [1.165, 1.54) is 11.1 Å². The van der Waals surface area contributed by atoms with Crippen LogP contribution in [0.4, 0.5) is 11.4 Å². The highest BCUT2D eigenvalue weighted by atomic mass is 16.6. The van der Waals surface area contributed by atoms with Gasteiger partial charge in [-0.3, -0.25) is 0 Å². The number of cyclic esters (lactones) is 2. The molecule has 3 aliphatic rings. The van der Waals surface area contributed by atoms with Crippen LogP contribution in [0, 0.1) is 41.5 Å². The fourth-order valence-electron chi connectivity index (χ4n) is 5.82. The summed E-state index contributed by atoms with van der Waals surface area (Å²) >= 11 is 0. The number of anilines is 2. The Kier molecular flexibility index (Phi) is 5.27. The number of hydrogen-bond donors (Lipinski definition) is 0. The first kappa shape index (κ1) is 22.3. The molecule has 6 nitrogen and oxygen atoms in total. The topological polar surface area (TPSA) is 59.1 Å². The number of carbonyl (C=O) groups excluding carboxylic acids is 2. The molecule has 0 aromatic heterocycles. The predicted molar refractivity (Wildman–Crippen MR) is 131 cm³/mol. The largest absolute Gasteiger partial charge is 0.440 e. The third-order valence-electron chi connectivity index (χ3n) is 6.99. The van der Waals surface area contributed by atoms with E-state index in [4.69, 9.17) is 9.47 Å². The average molecular weight is 459 g/mol. The summed E-state index contributed by atoms with van der Waals surface area (Å²) in [4.78, 5) is 30.0. The van der Waals surface area contributed by atoms with Gasteiger partial charge in [-0.1, -0.05) is 35.4 Å². The highest BCUT2D eigenvalue weighted by Crippen LogP contribution is 2.44. The van der Waals surface area contributed by atoms with Gasteiger partial charge < -0.3 is 19.3 Å². The minimum atomic E-state index is -0.309. The molecule has 0 radical (unpaired) electrons. The third kappa shape index (κ3) is 3.49. The molecule has 2 aliphatic heterocycles. The summed E-state index contributed by atoms with van der Waals surface area (Å²) in [6.45, 7) is 12.7. The van der Waals surface area contributed by atoms with Gasteiger partial charge in [0, 0.05) is 35.6 Å². The number of carbonyl (C=O) groups is 2. The lowest BCUT2D eigenvalue weighted by Crippen LogP contribution is -2.43. The van der Waals surface area contributed by atoms with E-state index < -0.39 is 0 Å². The minimum Gasteiger partial charge on any atom is -0.440 e. The summed E-state index contributed by atoms with van der Waals surface area (Å²) in [5, 5.41) is 0. The van der Waals surface area contributed by atoms with E-state index in [0.29, 0.717) is 24.0 Å². The molecule has 34 heavy (non-hydrogen) atoms. The predicted octanol–water partition coefficient (Wildman–Crippen LogP) is 5.18. The molecule has 0 saturated heterocycles. The van der Waals surface area contributed by atoms with Crippen molar-refractivity contribution in [3.8, 4) is 0 Å². The summed E-state index contributed by atoms with van der Waals surface area (Å²) in [6, 6.07) is 8.52. The molecule has 0 atom stereocenters. The summed E-state index contributed by atoms with van der Waals surface area (Å²) in [7, 11) is 0. The van der Waals surface area contributed by atoms with Crippen molar-refractivity contribution in [1.82, 2.24) is 0 Å². The van der Waals surface area contributed by atoms with Gasteiger partial charge >= 0.3 is 11.9 Å². The van der Waals surface area contributed by atoms with Crippen molar-refractivity contribution in [3.63, 3.8) is 0 Å². The van der Waals surface area contributed by atoms with Crippen LogP contribution in [0.1, 0.15) is 46.2 Å². The van der Waals surface area contributed by atoms with Gasteiger partial charge in [0.25, 0.3) is 0 Å². The smallest absolute Gasteiger partial charge is 0.337 e. The van der Waals surface area contributed by atoms with Crippen LogP contribution in [-0.2, 0) is 19.1 Å². The molecular weight excluding hydrogens is 428 g/mol. The van der Waals surface area contributed by atoms with Crippen LogP contribution in [0.25, 0.3) is 0 Å². The molecule has 0 saturated carbocycles. The van der Waals surface area contributed by atoms with Crippen LogP contribution in [-0.4, -0.2) is 25.4 Å². The Hall–Kier alpha value is -3.54. The molecule has 2 heterocycles. The fraction of sp³-hybridized carbons (Fsp3) is 0.357. The Labute approximate surface area is 200 Å². The molecule has 0 spiro atoms. The van der Waals surface area contributed by atoms with Crippen LogP contribution in [0.3, 0.4) is 0 Å². The van der Waals surface area contributed by atoms with Crippen LogP contribution in [0.2, 0.25) is 0 Å². The molecule has 0 amide bonds. The van der Waals surface area contributed by atoms with Crippen LogP contribution < -0.4 is 9.80 Å². The van der Waals surface area contributed by atoms with E-state index in [2.05, 4.69) is 75.6 Å². The number of rotatable bonds is 2. The average Bonchev–Trinajstić information content (AvgIpc) is 2.75. The lowest BCUT2D eigenvalue weighted by Gasteiger charge is -2.42. The number of esters is 2. The number of nitrogens with zero attached hydrogens (tertiary/aromatic N) is 2. The SMILES string of the molecule is Cc1cc(C)c(N2COC(=O)C3=C2CC2=C(C3)N(c3c(C)cc(C)cc3C)COC2=O)c(C)c1.